The zero-order valence-corrected chi connectivity index (χ0v) is 9.94. The van der Waals surface area contributed by atoms with E-state index in [1.807, 2.05) is 0 Å². The third-order valence-electron chi connectivity index (χ3n) is 2.13. The van der Waals surface area contributed by atoms with Gasteiger partial charge in [0.15, 0.2) is 5.78 Å². The lowest BCUT2D eigenvalue weighted by atomic mass is 10.3. The molecule has 0 radical (unpaired) electrons. The van der Waals surface area contributed by atoms with E-state index in [9.17, 15) is 4.79 Å². The molecule has 0 saturated carbocycles. The minimum atomic E-state index is -0.0701. The first-order valence-electron chi connectivity index (χ1n) is 5.05. The van der Waals surface area contributed by atoms with Gasteiger partial charge >= 0.3 is 0 Å². The average molecular weight is 248 g/mol. The fraction of sp³-hybridized carbons (Fsp3) is 0.0769. The molecule has 0 spiro atoms. The summed E-state index contributed by atoms with van der Waals surface area (Å²) < 4.78 is 5.54. The van der Waals surface area contributed by atoms with Gasteiger partial charge in [0.25, 0.3) is 0 Å². The van der Waals surface area contributed by atoms with Gasteiger partial charge in [0, 0.05) is 11.9 Å². The maximum Gasteiger partial charge on any atom is 0.178 e. The number of halogens is 1. The summed E-state index contributed by atoms with van der Waals surface area (Å²) in [7, 11) is 0. The van der Waals surface area contributed by atoms with Crippen LogP contribution in [0.5, 0.6) is 11.5 Å². The highest BCUT2D eigenvalue weighted by atomic mass is 35.5. The molecule has 0 fully saturated rings. The van der Waals surface area contributed by atoms with E-state index in [1.54, 1.807) is 36.4 Å². The van der Waals surface area contributed by atoms with Crippen molar-refractivity contribution in [2.45, 2.75) is 6.92 Å². The van der Waals surface area contributed by atoms with Gasteiger partial charge in [-0.2, -0.15) is 0 Å². The predicted octanol–water partition coefficient (Wildman–Crippen LogP) is 3.73. The summed E-state index contributed by atoms with van der Waals surface area (Å²) in [4.78, 5) is 15.0. The lowest BCUT2D eigenvalue weighted by molar-refractivity contribution is 0.101. The molecule has 0 saturated heterocycles. The lowest BCUT2D eigenvalue weighted by Gasteiger charge is -2.05. The molecular formula is C13H10ClNO2. The molecule has 0 N–H and O–H groups in total. The molecule has 1 heterocycles. The van der Waals surface area contributed by atoms with Crippen molar-refractivity contribution in [2.75, 3.05) is 0 Å². The Balaban J connectivity index is 2.16. The minimum absolute atomic E-state index is 0.0701. The molecule has 0 unspecified atom stereocenters. The van der Waals surface area contributed by atoms with Crippen LogP contribution in [0.4, 0.5) is 0 Å². The van der Waals surface area contributed by atoms with E-state index in [0.717, 1.165) is 0 Å². The van der Waals surface area contributed by atoms with E-state index < -0.39 is 0 Å². The van der Waals surface area contributed by atoms with Crippen molar-refractivity contribution in [3.8, 4) is 11.5 Å². The summed E-state index contributed by atoms with van der Waals surface area (Å²) in [6.07, 6.45) is 1.51. The number of rotatable bonds is 3. The molecule has 2 aromatic rings. The van der Waals surface area contributed by atoms with Crippen molar-refractivity contribution in [1.82, 2.24) is 4.98 Å². The van der Waals surface area contributed by atoms with Gasteiger partial charge in [0.1, 0.15) is 17.2 Å². The summed E-state index contributed by atoms with van der Waals surface area (Å²) in [6.45, 7) is 1.47. The number of hydrogen-bond donors (Lipinski definition) is 0. The van der Waals surface area contributed by atoms with Gasteiger partial charge in [-0.1, -0.05) is 17.7 Å². The third-order valence-corrected chi connectivity index (χ3v) is 2.36. The van der Waals surface area contributed by atoms with Gasteiger partial charge in [-0.15, -0.1) is 0 Å². The Morgan fingerprint density at radius 3 is 2.65 bits per heavy atom. The van der Waals surface area contributed by atoms with Gasteiger partial charge in [-0.05, 0) is 30.3 Å². The normalized spacial score (nSPS) is 10.0. The molecule has 0 bridgehead atoms. The fourth-order valence-corrected chi connectivity index (χ4v) is 1.50. The quantitative estimate of drug-likeness (QED) is 0.776. The second-order valence-electron chi connectivity index (χ2n) is 3.49. The number of nitrogens with zero attached hydrogens (tertiary/aromatic N) is 1. The first-order chi connectivity index (χ1) is 8.15. The van der Waals surface area contributed by atoms with Crippen molar-refractivity contribution in [2.24, 2.45) is 0 Å². The SMILES string of the molecule is CC(=O)c1ccc(Oc2cccc(Cl)c2)cn1. The molecule has 17 heavy (non-hydrogen) atoms. The van der Waals surface area contributed by atoms with E-state index in [1.165, 1.54) is 13.1 Å². The number of pyridine rings is 1. The predicted molar refractivity (Wildman–Crippen MR) is 65.8 cm³/mol. The van der Waals surface area contributed by atoms with Crippen molar-refractivity contribution in [3.05, 3.63) is 53.3 Å². The molecule has 0 aliphatic rings. The number of ether oxygens (including phenoxy) is 1. The molecule has 0 aliphatic heterocycles. The van der Waals surface area contributed by atoms with E-state index in [0.29, 0.717) is 22.2 Å². The van der Waals surface area contributed by atoms with Crippen LogP contribution in [0.2, 0.25) is 5.02 Å². The van der Waals surface area contributed by atoms with Gasteiger partial charge in [0.2, 0.25) is 0 Å². The number of ketones is 1. The van der Waals surface area contributed by atoms with Gasteiger partial charge in [-0.25, -0.2) is 4.98 Å². The zero-order chi connectivity index (χ0) is 12.3. The van der Waals surface area contributed by atoms with Crippen LogP contribution in [-0.4, -0.2) is 10.8 Å². The highest BCUT2D eigenvalue weighted by Gasteiger charge is 2.02. The highest BCUT2D eigenvalue weighted by Crippen LogP contribution is 2.23. The zero-order valence-electron chi connectivity index (χ0n) is 9.18. The van der Waals surface area contributed by atoms with Crippen molar-refractivity contribution < 1.29 is 9.53 Å². The Morgan fingerprint density at radius 1 is 1.24 bits per heavy atom. The summed E-state index contributed by atoms with van der Waals surface area (Å²) in [5, 5.41) is 0.607. The molecule has 0 amide bonds. The van der Waals surface area contributed by atoms with E-state index in [4.69, 9.17) is 16.3 Å². The Morgan fingerprint density at radius 2 is 2.06 bits per heavy atom. The second-order valence-corrected chi connectivity index (χ2v) is 3.93. The maximum absolute atomic E-state index is 11.0. The summed E-state index contributed by atoms with van der Waals surface area (Å²) >= 11 is 5.84. The largest absolute Gasteiger partial charge is 0.456 e. The molecule has 2 rings (SSSR count). The Labute approximate surface area is 104 Å². The number of benzene rings is 1. The maximum atomic E-state index is 11.0. The Bertz CT molecular complexity index is 537. The van der Waals surface area contributed by atoms with E-state index in [2.05, 4.69) is 4.98 Å². The summed E-state index contributed by atoms with van der Waals surface area (Å²) in [6, 6.07) is 10.4. The van der Waals surface area contributed by atoms with Crippen LogP contribution >= 0.6 is 11.6 Å². The molecule has 3 nitrogen and oxygen atoms in total. The molecule has 0 atom stereocenters. The smallest absolute Gasteiger partial charge is 0.178 e. The van der Waals surface area contributed by atoms with Crippen LogP contribution in [-0.2, 0) is 0 Å². The van der Waals surface area contributed by atoms with Gasteiger partial charge < -0.3 is 4.74 Å². The van der Waals surface area contributed by atoms with Crippen LogP contribution in [0.3, 0.4) is 0 Å². The topological polar surface area (TPSA) is 39.2 Å². The number of Topliss-reactive ketones (excluding diaryl/α,β-unsaturated/α-hetero) is 1. The monoisotopic (exact) mass is 247 g/mol. The average Bonchev–Trinajstić information content (AvgIpc) is 2.29. The first-order valence-corrected chi connectivity index (χ1v) is 5.43. The number of hydrogen-bond acceptors (Lipinski definition) is 3. The van der Waals surface area contributed by atoms with E-state index >= 15 is 0 Å². The molecule has 0 aliphatic carbocycles. The van der Waals surface area contributed by atoms with E-state index in [-0.39, 0.29) is 5.78 Å². The number of carbonyl (C=O) groups excluding carboxylic acids is 1. The van der Waals surface area contributed by atoms with Gasteiger partial charge in [0.05, 0.1) is 6.20 Å². The minimum Gasteiger partial charge on any atom is -0.456 e. The Hall–Kier alpha value is -1.87. The van der Waals surface area contributed by atoms with Crippen LogP contribution in [0.25, 0.3) is 0 Å². The molecule has 86 valence electrons. The standard InChI is InChI=1S/C13H10ClNO2/c1-9(16)13-6-5-12(8-15-13)17-11-4-2-3-10(14)7-11/h2-8H,1H3. The van der Waals surface area contributed by atoms with Crippen molar-refractivity contribution in [1.29, 1.82) is 0 Å². The molecular weight excluding hydrogens is 238 g/mol. The van der Waals surface area contributed by atoms with Gasteiger partial charge in [-0.3, -0.25) is 4.79 Å². The highest BCUT2D eigenvalue weighted by molar-refractivity contribution is 6.30. The second kappa shape index (κ2) is 4.97. The molecule has 1 aromatic carbocycles. The van der Waals surface area contributed by atoms with Crippen molar-refractivity contribution >= 4 is 17.4 Å². The van der Waals surface area contributed by atoms with Crippen LogP contribution in [0.1, 0.15) is 17.4 Å². The lowest BCUT2D eigenvalue weighted by Crippen LogP contribution is -1.95. The summed E-state index contributed by atoms with van der Waals surface area (Å²) in [5.74, 6) is 1.13. The van der Waals surface area contributed by atoms with Crippen LogP contribution in [0, 0.1) is 0 Å². The Kier molecular flexibility index (Phi) is 3.40. The van der Waals surface area contributed by atoms with Crippen molar-refractivity contribution in [3.63, 3.8) is 0 Å². The fourth-order valence-electron chi connectivity index (χ4n) is 1.32. The third kappa shape index (κ3) is 3.04. The number of carbonyl (C=O) groups is 1. The molecule has 1 aromatic heterocycles. The van der Waals surface area contributed by atoms with Crippen LogP contribution in [0.15, 0.2) is 42.6 Å². The summed E-state index contributed by atoms with van der Waals surface area (Å²) in [5.41, 5.74) is 0.420. The first kappa shape index (κ1) is 11.6. The number of aromatic nitrogens is 1. The molecule has 4 heteroatoms. The van der Waals surface area contributed by atoms with Crippen LogP contribution < -0.4 is 4.74 Å².